The van der Waals surface area contributed by atoms with E-state index in [2.05, 4.69) is 5.32 Å². The van der Waals surface area contributed by atoms with Gasteiger partial charge in [0.2, 0.25) is 5.91 Å². The molecule has 0 bridgehead atoms. The highest BCUT2D eigenvalue weighted by Crippen LogP contribution is 2.18. The fraction of sp³-hybridized carbons (Fsp3) is 0.769. The molecule has 0 saturated carbocycles. The Morgan fingerprint density at radius 3 is 2.43 bits per heavy atom. The Hall–Kier alpha value is -1.83. The monoisotopic (exact) mass is 299 g/mol. The van der Waals surface area contributed by atoms with Crippen LogP contribution in [0.2, 0.25) is 0 Å². The van der Waals surface area contributed by atoms with Gasteiger partial charge in [-0.15, -0.1) is 0 Å². The van der Waals surface area contributed by atoms with Crippen LogP contribution in [0.1, 0.15) is 25.7 Å². The molecule has 0 radical (unpaired) electrons. The van der Waals surface area contributed by atoms with E-state index in [0.717, 1.165) is 24.2 Å². The van der Waals surface area contributed by atoms with Gasteiger partial charge < -0.3 is 25.3 Å². The lowest BCUT2D eigenvalue weighted by Gasteiger charge is -2.27. The predicted octanol–water partition coefficient (Wildman–Crippen LogP) is -0.772. The number of nitrogens with one attached hydrogen (secondary N) is 1. The molecule has 2 saturated heterocycles. The fourth-order valence-corrected chi connectivity index (χ4v) is 2.78. The van der Waals surface area contributed by atoms with Crippen molar-refractivity contribution >= 4 is 17.9 Å². The van der Waals surface area contributed by atoms with Crippen molar-refractivity contribution in [3.05, 3.63) is 0 Å². The molecule has 2 fully saturated rings. The summed E-state index contributed by atoms with van der Waals surface area (Å²) in [5.41, 5.74) is 0. The Balaban J connectivity index is 1.83. The second kappa shape index (κ2) is 6.75. The smallest absolute Gasteiger partial charge is 0.326 e. The van der Waals surface area contributed by atoms with Gasteiger partial charge in [-0.2, -0.15) is 0 Å². The molecule has 0 aliphatic carbocycles. The molecule has 0 aromatic rings. The number of carboxylic acids is 1. The molecule has 0 unspecified atom stereocenters. The van der Waals surface area contributed by atoms with Gasteiger partial charge in [0.15, 0.2) is 0 Å². The summed E-state index contributed by atoms with van der Waals surface area (Å²) in [5, 5.41) is 21.0. The highest BCUT2D eigenvalue weighted by Gasteiger charge is 2.39. The quantitative estimate of drug-likeness (QED) is 0.634. The SMILES string of the molecule is O=C(O)[C@@H]1C[C@@H](O)CN1C(=O)NCC(=O)N1CCCCC1. The summed E-state index contributed by atoms with van der Waals surface area (Å²) in [5.74, 6) is -1.31. The summed E-state index contributed by atoms with van der Waals surface area (Å²) < 4.78 is 0. The summed E-state index contributed by atoms with van der Waals surface area (Å²) in [4.78, 5) is 37.7. The number of aliphatic carboxylic acids is 1. The Labute approximate surface area is 122 Å². The lowest BCUT2D eigenvalue weighted by atomic mass is 10.1. The van der Waals surface area contributed by atoms with Crippen molar-refractivity contribution in [2.24, 2.45) is 0 Å². The first kappa shape index (κ1) is 15.6. The van der Waals surface area contributed by atoms with E-state index in [1.807, 2.05) is 0 Å². The van der Waals surface area contributed by atoms with Gasteiger partial charge in [0.05, 0.1) is 12.6 Å². The molecule has 21 heavy (non-hydrogen) atoms. The van der Waals surface area contributed by atoms with Gasteiger partial charge in [-0.3, -0.25) is 4.79 Å². The van der Waals surface area contributed by atoms with E-state index in [-0.39, 0.29) is 25.4 Å². The van der Waals surface area contributed by atoms with Crippen LogP contribution in [0.3, 0.4) is 0 Å². The van der Waals surface area contributed by atoms with Crippen LogP contribution in [0.15, 0.2) is 0 Å². The number of likely N-dealkylation sites (tertiary alicyclic amines) is 2. The average Bonchev–Trinajstić information content (AvgIpc) is 2.87. The minimum atomic E-state index is -1.15. The number of urea groups is 1. The van der Waals surface area contributed by atoms with Crippen LogP contribution in [-0.4, -0.2) is 76.2 Å². The summed E-state index contributed by atoms with van der Waals surface area (Å²) in [6.45, 7) is 1.24. The third-order valence-electron chi connectivity index (χ3n) is 3.92. The van der Waals surface area contributed by atoms with Crippen molar-refractivity contribution in [3.8, 4) is 0 Å². The van der Waals surface area contributed by atoms with Gasteiger partial charge in [0, 0.05) is 26.1 Å². The standard InChI is InChI=1S/C13H21N3O5/c17-9-6-10(12(19)20)16(8-9)13(21)14-7-11(18)15-4-2-1-3-5-15/h9-10,17H,1-8H2,(H,14,21)(H,19,20)/t9-,10+/m1/s1. The lowest BCUT2D eigenvalue weighted by Crippen LogP contribution is -2.49. The molecule has 2 heterocycles. The number of aliphatic hydroxyl groups is 1. The summed E-state index contributed by atoms with van der Waals surface area (Å²) in [7, 11) is 0. The van der Waals surface area contributed by atoms with E-state index in [1.54, 1.807) is 4.90 Å². The van der Waals surface area contributed by atoms with Crippen LogP contribution in [0.4, 0.5) is 4.79 Å². The minimum Gasteiger partial charge on any atom is -0.480 e. The molecule has 2 atom stereocenters. The van der Waals surface area contributed by atoms with Crippen LogP contribution >= 0.6 is 0 Å². The number of hydrogen-bond acceptors (Lipinski definition) is 4. The van der Waals surface area contributed by atoms with Gasteiger partial charge in [-0.25, -0.2) is 9.59 Å². The molecule has 3 N–H and O–H groups in total. The first-order valence-corrected chi connectivity index (χ1v) is 7.22. The number of aliphatic hydroxyl groups excluding tert-OH is 1. The maximum Gasteiger partial charge on any atom is 0.326 e. The number of carboxylic acid groups (broad SMARTS) is 1. The average molecular weight is 299 g/mol. The zero-order valence-corrected chi connectivity index (χ0v) is 11.8. The number of β-amino-alcohol motifs (C(OH)–C–C–N with tert-alkyl or cyclic N) is 1. The Morgan fingerprint density at radius 2 is 1.81 bits per heavy atom. The van der Waals surface area contributed by atoms with Crippen LogP contribution in [0.25, 0.3) is 0 Å². The number of carbonyl (C=O) groups is 3. The maximum atomic E-state index is 12.0. The highest BCUT2D eigenvalue weighted by molar-refractivity contribution is 5.87. The predicted molar refractivity (Wildman–Crippen MR) is 72.6 cm³/mol. The zero-order chi connectivity index (χ0) is 15.4. The van der Waals surface area contributed by atoms with Crippen LogP contribution in [-0.2, 0) is 9.59 Å². The van der Waals surface area contributed by atoms with Gasteiger partial charge in [0.25, 0.3) is 0 Å². The molecule has 2 aliphatic rings. The Kier molecular flexibility index (Phi) is 5.00. The maximum absolute atomic E-state index is 12.0. The van der Waals surface area contributed by atoms with E-state index >= 15 is 0 Å². The molecule has 8 nitrogen and oxygen atoms in total. The Morgan fingerprint density at radius 1 is 1.14 bits per heavy atom. The highest BCUT2D eigenvalue weighted by atomic mass is 16.4. The molecule has 2 rings (SSSR count). The molecule has 0 aromatic carbocycles. The minimum absolute atomic E-state index is 0.0167. The number of rotatable bonds is 3. The number of hydrogen-bond donors (Lipinski definition) is 3. The van der Waals surface area contributed by atoms with Crippen molar-refractivity contribution in [2.75, 3.05) is 26.2 Å². The zero-order valence-electron chi connectivity index (χ0n) is 11.8. The van der Waals surface area contributed by atoms with Crippen molar-refractivity contribution in [1.82, 2.24) is 15.1 Å². The topological polar surface area (TPSA) is 110 Å². The summed E-state index contributed by atoms with van der Waals surface area (Å²) in [6.07, 6.45) is 2.23. The second-order valence-electron chi connectivity index (χ2n) is 5.50. The second-order valence-corrected chi connectivity index (χ2v) is 5.50. The van der Waals surface area contributed by atoms with E-state index in [0.29, 0.717) is 13.1 Å². The number of carbonyl (C=O) groups excluding carboxylic acids is 2. The van der Waals surface area contributed by atoms with Crippen LogP contribution in [0, 0.1) is 0 Å². The first-order chi connectivity index (χ1) is 9.99. The van der Waals surface area contributed by atoms with Crippen LogP contribution < -0.4 is 5.32 Å². The van der Waals surface area contributed by atoms with Gasteiger partial charge >= 0.3 is 12.0 Å². The van der Waals surface area contributed by atoms with Gasteiger partial charge in [-0.05, 0) is 19.3 Å². The summed E-state index contributed by atoms with van der Waals surface area (Å²) >= 11 is 0. The first-order valence-electron chi connectivity index (χ1n) is 7.22. The third kappa shape index (κ3) is 3.84. The molecule has 0 aromatic heterocycles. The Bertz CT molecular complexity index is 422. The van der Waals surface area contributed by atoms with Gasteiger partial charge in [0.1, 0.15) is 6.04 Å². The van der Waals surface area contributed by atoms with E-state index in [9.17, 15) is 19.5 Å². The summed E-state index contributed by atoms with van der Waals surface area (Å²) in [6, 6.07) is -1.66. The number of piperidine rings is 1. The molecular formula is C13H21N3O5. The van der Waals surface area contributed by atoms with E-state index < -0.39 is 24.1 Å². The van der Waals surface area contributed by atoms with Crippen molar-refractivity contribution in [3.63, 3.8) is 0 Å². The number of nitrogens with zero attached hydrogens (tertiary/aromatic N) is 2. The molecule has 0 spiro atoms. The molecule has 118 valence electrons. The molecule has 2 aliphatic heterocycles. The molecule has 3 amide bonds. The van der Waals surface area contributed by atoms with Crippen molar-refractivity contribution in [1.29, 1.82) is 0 Å². The van der Waals surface area contributed by atoms with E-state index in [4.69, 9.17) is 5.11 Å². The normalized spacial score (nSPS) is 25.8. The van der Waals surface area contributed by atoms with Crippen molar-refractivity contribution < 1.29 is 24.6 Å². The van der Waals surface area contributed by atoms with Gasteiger partial charge in [-0.1, -0.05) is 0 Å². The number of amides is 3. The lowest BCUT2D eigenvalue weighted by molar-refractivity contribution is -0.141. The van der Waals surface area contributed by atoms with Crippen molar-refractivity contribution in [2.45, 2.75) is 37.8 Å². The molecule has 8 heteroatoms. The van der Waals surface area contributed by atoms with Crippen LogP contribution in [0.5, 0.6) is 0 Å². The largest absolute Gasteiger partial charge is 0.480 e. The fourth-order valence-electron chi connectivity index (χ4n) is 2.78. The third-order valence-corrected chi connectivity index (χ3v) is 3.92. The van der Waals surface area contributed by atoms with E-state index in [1.165, 1.54) is 0 Å². The molecular weight excluding hydrogens is 278 g/mol.